The summed E-state index contributed by atoms with van der Waals surface area (Å²) in [5, 5.41) is 3.98. The molecule has 3 aromatic rings. The van der Waals surface area contributed by atoms with Gasteiger partial charge in [-0.05, 0) is 30.4 Å². The number of alkyl halides is 3. The zero-order valence-electron chi connectivity index (χ0n) is 21.9. The average Bonchev–Trinajstić information content (AvgIpc) is 3.63. The largest absolute Gasteiger partial charge is 0.433 e. The molecule has 1 saturated heterocycles. The fourth-order valence-electron chi connectivity index (χ4n) is 4.87. The molecule has 1 amide bonds. The van der Waals surface area contributed by atoms with Crippen molar-refractivity contribution in [2.75, 3.05) is 44.2 Å². The highest BCUT2D eigenvalue weighted by Gasteiger charge is 2.39. The first-order chi connectivity index (χ1) is 18.0. The molecule has 0 bridgehead atoms. The third-order valence-corrected chi connectivity index (χ3v) is 7.31. The van der Waals surface area contributed by atoms with Gasteiger partial charge in [-0.15, -0.1) is 0 Å². The summed E-state index contributed by atoms with van der Waals surface area (Å²) in [4.78, 5) is 29.5. The van der Waals surface area contributed by atoms with E-state index in [1.807, 2.05) is 56.0 Å². The molecule has 10 heteroatoms. The highest BCUT2D eigenvalue weighted by Crippen LogP contribution is 2.39. The van der Waals surface area contributed by atoms with Gasteiger partial charge in [0.05, 0.1) is 11.1 Å². The van der Waals surface area contributed by atoms with E-state index in [0.717, 1.165) is 43.0 Å². The van der Waals surface area contributed by atoms with Gasteiger partial charge < -0.3 is 10.2 Å². The number of hydrogen-bond donors (Lipinski definition) is 1. The van der Waals surface area contributed by atoms with E-state index in [0.29, 0.717) is 42.9 Å². The number of halogens is 3. The van der Waals surface area contributed by atoms with E-state index in [1.165, 1.54) is 0 Å². The molecule has 2 unspecified atom stereocenters. The van der Waals surface area contributed by atoms with Crippen LogP contribution in [-0.4, -0.2) is 65.0 Å². The number of nitrogens with one attached hydrogen (secondary N) is 1. The van der Waals surface area contributed by atoms with Crippen LogP contribution in [0.4, 0.5) is 19.0 Å². The molecule has 38 heavy (non-hydrogen) atoms. The van der Waals surface area contributed by atoms with Crippen LogP contribution in [0.2, 0.25) is 0 Å². The molecule has 2 fully saturated rings. The second kappa shape index (κ2) is 10.1. The van der Waals surface area contributed by atoms with E-state index < -0.39 is 17.3 Å². The number of carbonyl (C=O) groups is 1. The van der Waals surface area contributed by atoms with Gasteiger partial charge >= 0.3 is 6.18 Å². The summed E-state index contributed by atoms with van der Waals surface area (Å²) in [6, 6.07) is 10.6. The summed E-state index contributed by atoms with van der Waals surface area (Å²) in [7, 11) is 0. The van der Waals surface area contributed by atoms with Gasteiger partial charge in [0, 0.05) is 62.3 Å². The maximum atomic E-state index is 13.5. The highest BCUT2D eigenvalue weighted by molar-refractivity contribution is 5.97. The van der Waals surface area contributed by atoms with E-state index in [1.54, 1.807) is 6.20 Å². The molecule has 1 N–H and O–H groups in total. The number of rotatable bonds is 6. The van der Waals surface area contributed by atoms with Crippen molar-refractivity contribution in [2.45, 2.75) is 38.8 Å². The molecule has 1 aliphatic heterocycles. The predicted molar refractivity (Wildman–Crippen MR) is 140 cm³/mol. The number of piperazine rings is 1. The van der Waals surface area contributed by atoms with Crippen molar-refractivity contribution in [1.29, 1.82) is 0 Å². The Morgan fingerprint density at radius 2 is 1.76 bits per heavy atom. The minimum Gasteiger partial charge on any atom is -0.354 e. The topological polar surface area (TPSA) is 74.2 Å². The average molecular weight is 527 g/mol. The molecule has 1 aromatic carbocycles. The summed E-state index contributed by atoms with van der Waals surface area (Å²) in [5.41, 5.74) is -0.0530. The van der Waals surface area contributed by atoms with E-state index in [-0.39, 0.29) is 11.7 Å². The third-order valence-electron chi connectivity index (χ3n) is 7.31. The van der Waals surface area contributed by atoms with Crippen LogP contribution < -0.4 is 10.2 Å². The third kappa shape index (κ3) is 6.06. The van der Waals surface area contributed by atoms with Crippen molar-refractivity contribution in [3.63, 3.8) is 0 Å². The zero-order valence-corrected chi connectivity index (χ0v) is 21.9. The first kappa shape index (κ1) is 26.3. The van der Waals surface area contributed by atoms with Crippen LogP contribution in [-0.2, 0) is 11.6 Å². The molecule has 0 spiro atoms. The Balaban J connectivity index is 1.11. The summed E-state index contributed by atoms with van der Waals surface area (Å²) in [6.45, 7) is 9.75. The van der Waals surface area contributed by atoms with Crippen molar-refractivity contribution >= 4 is 22.6 Å². The Labute approximate surface area is 220 Å². The number of amides is 1. The second-order valence-electron chi connectivity index (χ2n) is 11.4. The Hall–Kier alpha value is -3.27. The molecular weight excluding hydrogens is 493 g/mol. The zero-order chi connectivity index (χ0) is 27.1. The van der Waals surface area contributed by atoms with Crippen molar-refractivity contribution in [1.82, 2.24) is 25.2 Å². The van der Waals surface area contributed by atoms with Crippen LogP contribution in [0, 0.1) is 11.8 Å². The molecule has 1 aliphatic carbocycles. The van der Waals surface area contributed by atoms with Gasteiger partial charge in [-0.2, -0.15) is 13.2 Å². The van der Waals surface area contributed by atoms with Crippen molar-refractivity contribution < 1.29 is 18.0 Å². The lowest BCUT2D eigenvalue weighted by molar-refractivity contribution is -0.141. The minimum atomic E-state index is -4.51. The normalized spacial score (nSPS) is 20.5. The molecule has 5 rings (SSSR count). The fraction of sp³-hybridized carbons (Fsp3) is 0.500. The molecule has 2 aliphatic rings. The molecule has 202 valence electrons. The number of hydrogen-bond acceptors (Lipinski definition) is 6. The van der Waals surface area contributed by atoms with Gasteiger partial charge in [-0.3, -0.25) is 14.7 Å². The SMILES string of the molecule is CC(C)(C)c1nc(N2CCN(CC3CC3CNC(=O)c3cnc4ccccc4c3)CC2)cc(C(F)(F)F)n1. The summed E-state index contributed by atoms with van der Waals surface area (Å²) >= 11 is 0. The summed E-state index contributed by atoms with van der Waals surface area (Å²) < 4.78 is 40.4. The van der Waals surface area contributed by atoms with E-state index in [4.69, 9.17) is 0 Å². The number of anilines is 1. The number of para-hydroxylation sites is 1. The lowest BCUT2D eigenvalue weighted by Crippen LogP contribution is -2.47. The maximum absolute atomic E-state index is 13.5. The Morgan fingerprint density at radius 1 is 1.03 bits per heavy atom. The number of carbonyl (C=O) groups excluding carboxylic acids is 1. The molecule has 3 heterocycles. The molecule has 0 radical (unpaired) electrons. The van der Waals surface area contributed by atoms with Crippen LogP contribution >= 0.6 is 0 Å². The van der Waals surface area contributed by atoms with Gasteiger partial charge in [-0.25, -0.2) is 9.97 Å². The Morgan fingerprint density at radius 3 is 2.47 bits per heavy atom. The maximum Gasteiger partial charge on any atom is 0.433 e. The van der Waals surface area contributed by atoms with Gasteiger partial charge in [0.2, 0.25) is 0 Å². The number of aromatic nitrogens is 3. The van der Waals surface area contributed by atoms with Crippen LogP contribution in [0.15, 0.2) is 42.6 Å². The van der Waals surface area contributed by atoms with E-state index >= 15 is 0 Å². The van der Waals surface area contributed by atoms with Crippen LogP contribution in [0.1, 0.15) is 49.1 Å². The molecule has 7 nitrogen and oxygen atoms in total. The first-order valence-corrected chi connectivity index (χ1v) is 13.0. The Bertz CT molecular complexity index is 1280. The van der Waals surface area contributed by atoms with Crippen LogP contribution in [0.3, 0.4) is 0 Å². The summed E-state index contributed by atoms with van der Waals surface area (Å²) in [6.07, 6.45) is -1.84. The minimum absolute atomic E-state index is 0.111. The van der Waals surface area contributed by atoms with Crippen molar-refractivity contribution in [3.05, 3.63) is 59.7 Å². The lowest BCUT2D eigenvalue weighted by atomic mass is 9.95. The molecular formula is C28H33F3N6O. The van der Waals surface area contributed by atoms with Gasteiger partial charge in [0.25, 0.3) is 5.91 Å². The highest BCUT2D eigenvalue weighted by atomic mass is 19.4. The molecule has 2 atom stereocenters. The van der Waals surface area contributed by atoms with Crippen LogP contribution in [0.25, 0.3) is 10.9 Å². The van der Waals surface area contributed by atoms with Crippen molar-refractivity contribution in [2.24, 2.45) is 11.8 Å². The first-order valence-electron chi connectivity index (χ1n) is 13.0. The van der Waals surface area contributed by atoms with Gasteiger partial charge in [0.15, 0.2) is 0 Å². The van der Waals surface area contributed by atoms with Crippen LogP contribution in [0.5, 0.6) is 0 Å². The monoisotopic (exact) mass is 526 g/mol. The van der Waals surface area contributed by atoms with Crippen molar-refractivity contribution in [3.8, 4) is 0 Å². The second-order valence-corrected chi connectivity index (χ2v) is 11.4. The fourth-order valence-corrected chi connectivity index (χ4v) is 4.87. The molecule has 2 aromatic heterocycles. The van der Waals surface area contributed by atoms with Gasteiger partial charge in [-0.1, -0.05) is 39.0 Å². The van der Waals surface area contributed by atoms with Gasteiger partial charge in [0.1, 0.15) is 17.3 Å². The summed E-state index contributed by atoms with van der Waals surface area (Å²) in [5.74, 6) is 1.38. The lowest BCUT2D eigenvalue weighted by Gasteiger charge is -2.36. The number of benzene rings is 1. The number of pyridine rings is 1. The number of nitrogens with zero attached hydrogens (tertiary/aromatic N) is 5. The predicted octanol–water partition coefficient (Wildman–Crippen LogP) is 4.53. The van der Waals surface area contributed by atoms with E-state index in [2.05, 4.69) is 25.2 Å². The smallest absolute Gasteiger partial charge is 0.354 e. The molecule has 1 saturated carbocycles. The number of fused-ring (bicyclic) bond motifs is 1. The quantitative estimate of drug-likeness (QED) is 0.509. The standard InChI is InChI=1S/C28H33F3N6O/c1-27(2,3)26-34-23(28(29,30)31)14-24(35-26)37-10-8-36(9-11-37)17-21-13-19(21)15-33-25(38)20-12-18-6-4-5-7-22(18)32-16-20/h4-7,12,14,16,19,21H,8-11,13,15,17H2,1-3H3,(H,33,38). The van der Waals surface area contributed by atoms with E-state index in [9.17, 15) is 18.0 Å². The Kier molecular flexibility index (Phi) is 7.02.